The van der Waals surface area contributed by atoms with Crippen LogP contribution in [0.4, 0.5) is 4.79 Å². The molecule has 2 atom stereocenters. The molecule has 1 aliphatic heterocycles. The number of piperidine rings is 1. The Hall–Kier alpha value is -3.17. The van der Waals surface area contributed by atoms with Crippen LogP contribution in [0.2, 0.25) is 0 Å². The second-order valence-corrected chi connectivity index (χ2v) is 9.61. The van der Waals surface area contributed by atoms with E-state index in [9.17, 15) is 23.1 Å². The quantitative estimate of drug-likeness (QED) is 0.527. The molecule has 1 saturated heterocycles. The first kappa shape index (κ1) is 23.5. The van der Waals surface area contributed by atoms with Gasteiger partial charge in [0.1, 0.15) is 0 Å². The van der Waals surface area contributed by atoms with Crippen molar-refractivity contribution in [2.24, 2.45) is 0 Å². The summed E-state index contributed by atoms with van der Waals surface area (Å²) in [6.45, 7) is 3.99. The molecule has 0 radical (unpaired) electrons. The third-order valence-electron chi connectivity index (χ3n) is 5.42. The highest BCUT2D eigenvalue weighted by atomic mass is 32.2. The van der Waals surface area contributed by atoms with Gasteiger partial charge >= 0.3 is 6.09 Å². The van der Waals surface area contributed by atoms with Gasteiger partial charge in [-0.3, -0.25) is 4.79 Å². The summed E-state index contributed by atoms with van der Waals surface area (Å²) >= 11 is 0. The third kappa shape index (κ3) is 5.95. The molecule has 0 aliphatic carbocycles. The molecule has 170 valence electrons. The van der Waals surface area contributed by atoms with Crippen molar-refractivity contribution in [1.29, 1.82) is 0 Å². The van der Waals surface area contributed by atoms with Crippen molar-refractivity contribution in [1.82, 2.24) is 14.9 Å². The van der Waals surface area contributed by atoms with Crippen LogP contribution in [0.3, 0.4) is 0 Å². The summed E-state index contributed by atoms with van der Waals surface area (Å²) in [5, 5.41) is 14.5. The minimum absolute atomic E-state index is 0.130. The molecular formula is C23H27N3O5S. The SMILES string of the molecule is C=CC(=O)N[C@H]1CCCN(S(=O)(=O)c2ccc(C(Cc3ccccc3)NC(=O)O)cc2)C1. The van der Waals surface area contributed by atoms with Gasteiger partial charge in [0.2, 0.25) is 15.9 Å². The maximum atomic E-state index is 13.1. The highest BCUT2D eigenvalue weighted by molar-refractivity contribution is 7.89. The molecule has 9 heteroatoms. The molecule has 3 N–H and O–H groups in total. The molecular weight excluding hydrogens is 430 g/mol. The van der Waals surface area contributed by atoms with Crippen LogP contribution in [0, 0.1) is 0 Å². The van der Waals surface area contributed by atoms with E-state index in [4.69, 9.17) is 0 Å². The molecule has 1 fully saturated rings. The summed E-state index contributed by atoms with van der Waals surface area (Å²) in [5.74, 6) is -0.325. The zero-order valence-corrected chi connectivity index (χ0v) is 18.4. The molecule has 8 nitrogen and oxygen atoms in total. The van der Waals surface area contributed by atoms with Gasteiger partial charge in [-0.2, -0.15) is 4.31 Å². The lowest BCUT2D eigenvalue weighted by Gasteiger charge is -2.32. The second kappa shape index (κ2) is 10.4. The van der Waals surface area contributed by atoms with Crippen LogP contribution in [0.15, 0.2) is 72.1 Å². The topological polar surface area (TPSA) is 116 Å². The third-order valence-corrected chi connectivity index (χ3v) is 7.30. The monoisotopic (exact) mass is 457 g/mol. The Labute approximate surface area is 188 Å². The lowest BCUT2D eigenvalue weighted by atomic mass is 9.99. The van der Waals surface area contributed by atoms with E-state index in [2.05, 4.69) is 17.2 Å². The fourth-order valence-corrected chi connectivity index (χ4v) is 5.33. The first-order chi connectivity index (χ1) is 15.3. The van der Waals surface area contributed by atoms with Gasteiger partial charge in [-0.15, -0.1) is 0 Å². The highest BCUT2D eigenvalue weighted by Gasteiger charge is 2.31. The molecule has 2 amide bonds. The highest BCUT2D eigenvalue weighted by Crippen LogP contribution is 2.24. The smallest absolute Gasteiger partial charge is 0.405 e. The maximum absolute atomic E-state index is 13.1. The van der Waals surface area contributed by atoms with Crippen molar-refractivity contribution in [3.63, 3.8) is 0 Å². The number of nitrogens with one attached hydrogen (secondary N) is 2. The molecule has 3 rings (SSSR count). The summed E-state index contributed by atoms with van der Waals surface area (Å²) in [5.41, 5.74) is 1.63. The van der Waals surface area contributed by atoms with Crippen LogP contribution in [0.1, 0.15) is 30.0 Å². The standard InChI is InChI=1S/C23H27N3O5S/c1-2-22(27)24-19-9-6-14-26(16-19)32(30,31)20-12-10-18(11-13-20)21(25-23(28)29)15-17-7-4-3-5-8-17/h2-5,7-8,10-13,19,21,25H,1,6,9,14-16H2,(H,24,27)(H,28,29)/t19-,21?/m0/s1. The molecule has 2 aromatic rings. The molecule has 1 heterocycles. The van der Waals surface area contributed by atoms with Crippen molar-refractivity contribution in [2.45, 2.75) is 36.2 Å². The molecule has 0 bridgehead atoms. The lowest BCUT2D eigenvalue weighted by Crippen LogP contribution is -2.49. The van der Waals surface area contributed by atoms with Gasteiger partial charge in [-0.25, -0.2) is 13.2 Å². The van der Waals surface area contributed by atoms with Crippen LogP contribution in [0.25, 0.3) is 0 Å². The van der Waals surface area contributed by atoms with Crippen molar-refractivity contribution in [2.75, 3.05) is 13.1 Å². The normalized spacial score (nSPS) is 17.8. The lowest BCUT2D eigenvalue weighted by molar-refractivity contribution is -0.117. The van der Waals surface area contributed by atoms with Crippen LogP contribution < -0.4 is 10.6 Å². The number of carboxylic acid groups (broad SMARTS) is 1. The average Bonchev–Trinajstić information content (AvgIpc) is 2.79. The molecule has 2 aromatic carbocycles. The predicted molar refractivity (Wildman–Crippen MR) is 121 cm³/mol. The summed E-state index contributed by atoms with van der Waals surface area (Å²) in [6.07, 6.45) is 1.80. The molecule has 0 aromatic heterocycles. The Bertz CT molecular complexity index is 1050. The summed E-state index contributed by atoms with van der Waals surface area (Å²) in [4.78, 5) is 23.0. The molecule has 0 spiro atoms. The zero-order chi connectivity index (χ0) is 23.1. The summed E-state index contributed by atoms with van der Waals surface area (Å²) in [6, 6.07) is 15.0. The van der Waals surface area contributed by atoms with E-state index >= 15 is 0 Å². The van der Waals surface area contributed by atoms with E-state index in [1.165, 1.54) is 22.5 Å². The van der Waals surface area contributed by atoms with Crippen LogP contribution in [0.5, 0.6) is 0 Å². The zero-order valence-electron chi connectivity index (χ0n) is 17.6. The van der Waals surface area contributed by atoms with Crippen LogP contribution in [-0.4, -0.2) is 49.0 Å². The fourth-order valence-electron chi connectivity index (χ4n) is 3.81. The van der Waals surface area contributed by atoms with E-state index in [0.29, 0.717) is 31.4 Å². The predicted octanol–water partition coefficient (Wildman–Crippen LogP) is 2.69. The van der Waals surface area contributed by atoms with Crippen molar-refractivity contribution < 1.29 is 23.1 Å². The van der Waals surface area contributed by atoms with E-state index in [0.717, 1.165) is 5.56 Å². The Kier molecular flexibility index (Phi) is 7.66. The Balaban J connectivity index is 1.76. The fraction of sp³-hybridized carbons (Fsp3) is 0.304. The first-order valence-electron chi connectivity index (χ1n) is 10.4. The number of rotatable bonds is 8. The van der Waals surface area contributed by atoms with Gasteiger partial charge in [-0.1, -0.05) is 49.0 Å². The first-order valence-corrected chi connectivity index (χ1v) is 11.8. The van der Waals surface area contributed by atoms with E-state index in [1.54, 1.807) is 12.1 Å². The minimum atomic E-state index is -3.74. The molecule has 0 saturated carbocycles. The van der Waals surface area contributed by atoms with Crippen LogP contribution >= 0.6 is 0 Å². The van der Waals surface area contributed by atoms with Gasteiger partial charge in [0.05, 0.1) is 10.9 Å². The van der Waals surface area contributed by atoms with E-state index in [1.807, 2.05) is 30.3 Å². The number of sulfonamides is 1. The number of benzene rings is 2. The number of carbonyl (C=O) groups is 2. The second-order valence-electron chi connectivity index (χ2n) is 7.68. The average molecular weight is 458 g/mol. The number of hydrogen-bond donors (Lipinski definition) is 3. The van der Waals surface area contributed by atoms with Gasteiger partial charge in [0, 0.05) is 19.1 Å². The number of hydrogen-bond acceptors (Lipinski definition) is 4. The van der Waals surface area contributed by atoms with Crippen LogP contribution in [-0.2, 0) is 21.2 Å². The molecule has 1 aliphatic rings. The van der Waals surface area contributed by atoms with Gasteiger partial charge < -0.3 is 15.7 Å². The Morgan fingerprint density at radius 1 is 1.16 bits per heavy atom. The molecule has 32 heavy (non-hydrogen) atoms. The number of amides is 2. The van der Waals surface area contributed by atoms with Crippen molar-refractivity contribution in [3.8, 4) is 0 Å². The van der Waals surface area contributed by atoms with Gasteiger partial charge in [0.15, 0.2) is 0 Å². The van der Waals surface area contributed by atoms with E-state index in [-0.39, 0.29) is 23.4 Å². The maximum Gasteiger partial charge on any atom is 0.405 e. The number of carbonyl (C=O) groups excluding carboxylic acids is 1. The molecule has 1 unspecified atom stereocenters. The van der Waals surface area contributed by atoms with Gasteiger partial charge in [-0.05, 0) is 48.6 Å². The van der Waals surface area contributed by atoms with E-state index < -0.39 is 22.2 Å². The largest absolute Gasteiger partial charge is 0.465 e. The summed E-state index contributed by atoms with van der Waals surface area (Å²) < 4.78 is 27.6. The Morgan fingerprint density at radius 3 is 2.47 bits per heavy atom. The minimum Gasteiger partial charge on any atom is -0.465 e. The van der Waals surface area contributed by atoms with Crippen molar-refractivity contribution in [3.05, 3.63) is 78.4 Å². The Morgan fingerprint density at radius 2 is 1.84 bits per heavy atom. The van der Waals surface area contributed by atoms with Crippen molar-refractivity contribution >= 4 is 22.0 Å². The number of nitrogens with zero attached hydrogens (tertiary/aromatic N) is 1. The van der Waals surface area contributed by atoms with Gasteiger partial charge in [0.25, 0.3) is 0 Å². The summed E-state index contributed by atoms with van der Waals surface area (Å²) in [7, 11) is -3.74.